The molecule has 25 heavy (non-hydrogen) atoms. The lowest BCUT2D eigenvalue weighted by atomic mass is 9.99. The van der Waals surface area contributed by atoms with Gasteiger partial charge in [-0.2, -0.15) is 5.26 Å². The number of thiophene rings is 1. The minimum absolute atomic E-state index is 0.728. The standard InChI is InChI=1S/C21H17NOS2/c1-3-24-21-18(14-22)20(16-9-11-17(23-2)12-10-16)19(25-21)13-15-7-5-4-6-8-15/h3-12H,1,13H2,2H3. The van der Waals surface area contributed by atoms with Crippen LogP contribution < -0.4 is 4.74 Å². The van der Waals surface area contributed by atoms with Crippen LogP contribution in [0.5, 0.6) is 5.75 Å². The van der Waals surface area contributed by atoms with E-state index in [1.54, 1.807) is 23.9 Å². The van der Waals surface area contributed by atoms with Crippen molar-refractivity contribution >= 4 is 23.1 Å². The predicted molar refractivity (Wildman–Crippen MR) is 106 cm³/mol. The van der Waals surface area contributed by atoms with E-state index in [1.165, 1.54) is 22.2 Å². The molecule has 0 saturated carbocycles. The summed E-state index contributed by atoms with van der Waals surface area (Å²) in [6, 6.07) is 20.6. The van der Waals surface area contributed by atoms with Crippen molar-refractivity contribution in [3.05, 3.63) is 82.6 Å². The Kier molecular flexibility index (Phi) is 5.60. The van der Waals surface area contributed by atoms with Crippen LogP contribution >= 0.6 is 23.1 Å². The molecule has 2 aromatic carbocycles. The van der Waals surface area contributed by atoms with Crippen molar-refractivity contribution in [1.82, 2.24) is 0 Å². The summed E-state index contributed by atoms with van der Waals surface area (Å²) in [6.07, 6.45) is 0.805. The van der Waals surface area contributed by atoms with Crippen LogP contribution in [0.4, 0.5) is 0 Å². The zero-order valence-electron chi connectivity index (χ0n) is 13.9. The molecule has 0 aliphatic rings. The molecular formula is C21H17NOS2. The minimum Gasteiger partial charge on any atom is -0.497 e. The molecule has 0 unspecified atom stereocenters. The number of methoxy groups -OCH3 is 1. The lowest BCUT2D eigenvalue weighted by Crippen LogP contribution is -1.90. The summed E-state index contributed by atoms with van der Waals surface area (Å²) in [5.74, 6) is 0.808. The first-order valence-electron chi connectivity index (χ1n) is 7.78. The first kappa shape index (κ1) is 17.3. The molecule has 0 aliphatic heterocycles. The number of nitrogens with zero attached hydrogens (tertiary/aromatic N) is 1. The van der Waals surface area contributed by atoms with E-state index in [9.17, 15) is 5.26 Å². The molecule has 3 rings (SSSR count). The van der Waals surface area contributed by atoms with Crippen LogP contribution in [0.2, 0.25) is 0 Å². The van der Waals surface area contributed by atoms with Crippen LogP contribution in [0.1, 0.15) is 16.0 Å². The second-order valence-corrected chi connectivity index (χ2v) is 7.69. The van der Waals surface area contributed by atoms with Gasteiger partial charge in [-0.15, -0.1) is 11.3 Å². The highest BCUT2D eigenvalue weighted by atomic mass is 32.2. The number of hydrogen-bond acceptors (Lipinski definition) is 4. The average molecular weight is 364 g/mol. The Labute approximate surface area is 156 Å². The third-order valence-electron chi connectivity index (χ3n) is 3.84. The van der Waals surface area contributed by atoms with Crippen LogP contribution in [0, 0.1) is 11.3 Å². The number of benzene rings is 2. The van der Waals surface area contributed by atoms with Crippen molar-refractivity contribution < 1.29 is 4.74 Å². The van der Waals surface area contributed by atoms with E-state index in [0.29, 0.717) is 0 Å². The highest BCUT2D eigenvalue weighted by molar-refractivity contribution is 8.03. The fraction of sp³-hybridized carbons (Fsp3) is 0.0952. The third-order valence-corrected chi connectivity index (χ3v) is 5.95. The molecular weight excluding hydrogens is 346 g/mol. The van der Waals surface area contributed by atoms with Crippen molar-refractivity contribution in [2.75, 3.05) is 7.11 Å². The summed E-state index contributed by atoms with van der Waals surface area (Å²) < 4.78 is 6.25. The number of rotatable bonds is 6. The number of ether oxygens (including phenoxy) is 1. The van der Waals surface area contributed by atoms with Crippen LogP contribution in [0.15, 0.2) is 70.8 Å². The molecule has 0 spiro atoms. The number of hydrogen-bond donors (Lipinski definition) is 0. The Hall–Kier alpha value is -2.48. The maximum atomic E-state index is 9.75. The molecule has 0 saturated heterocycles. The van der Waals surface area contributed by atoms with Gasteiger partial charge in [-0.05, 0) is 28.7 Å². The monoisotopic (exact) mass is 363 g/mol. The normalized spacial score (nSPS) is 10.2. The van der Waals surface area contributed by atoms with Crippen molar-refractivity contribution in [3.8, 4) is 22.9 Å². The van der Waals surface area contributed by atoms with Gasteiger partial charge >= 0.3 is 0 Å². The quantitative estimate of drug-likeness (QED) is 0.494. The van der Waals surface area contributed by atoms with E-state index in [2.05, 4.69) is 24.8 Å². The zero-order chi connectivity index (χ0) is 17.6. The van der Waals surface area contributed by atoms with Crippen molar-refractivity contribution in [2.24, 2.45) is 0 Å². The summed E-state index contributed by atoms with van der Waals surface area (Å²) in [7, 11) is 1.65. The smallest absolute Gasteiger partial charge is 0.118 e. The molecule has 3 aromatic rings. The fourth-order valence-corrected chi connectivity index (χ4v) is 4.83. The Morgan fingerprint density at radius 3 is 2.48 bits per heavy atom. The maximum absolute atomic E-state index is 9.75. The van der Waals surface area contributed by atoms with E-state index >= 15 is 0 Å². The van der Waals surface area contributed by atoms with Gasteiger partial charge in [0.2, 0.25) is 0 Å². The highest BCUT2D eigenvalue weighted by Gasteiger charge is 2.19. The lowest BCUT2D eigenvalue weighted by molar-refractivity contribution is 0.415. The molecule has 1 heterocycles. The molecule has 0 atom stereocenters. The summed E-state index contributed by atoms with van der Waals surface area (Å²) in [6.45, 7) is 3.79. The van der Waals surface area contributed by atoms with Gasteiger partial charge in [0, 0.05) is 16.9 Å². The number of nitriles is 1. The van der Waals surface area contributed by atoms with Gasteiger partial charge in [0.25, 0.3) is 0 Å². The first-order valence-corrected chi connectivity index (χ1v) is 9.48. The van der Waals surface area contributed by atoms with Crippen LogP contribution in [-0.4, -0.2) is 7.11 Å². The summed E-state index contributed by atoms with van der Waals surface area (Å²) >= 11 is 3.18. The molecule has 124 valence electrons. The van der Waals surface area contributed by atoms with Crippen LogP contribution in [0.25, 0.3) is 11.1 Å². The van der Waals surface area contributed by atoms with E-state index in [4.69, 9.17) is 4.74 Å². The summed E-state index contributed by atoms with van der Waals surface area (Å²) in [4.78, 5) is 1.19. The highest BCUT2D eigenvalue weighted by Crippen LogP contribution is 2.43. The second kappa shape index (κ2) is 8.06. The predicted octanol–water partition coefficient (Wildman–Crippen LogP) is 6.12. The van der Waals surface area contributed by atoms with E-state index in [0.717, 1.165) is 33.1 Å². The minimum atomic E-state index is 0.728. The van der Waals surface area contributed by atoms with Crippen molar-refractivity contribution in [3.63, 3.8) is 0 Å². The largest absolute Gasteiger partial charge is 0.497 e. The van der Waals surface area contributed by atoms with E-state index < -0.39 is 0 Å². The SMILES string of the molecule is C=CSc1sc(Cc2ccccc2)c(-c2ccc(OC)cc2)c1C#N. The average Bonchev–Trinajstić information content (AvgIpc) is 3.00. The van der Waals surface area contributed by atoms with Gasteiger partial charge in [-0.1, -0.05) is 60.8 Å². The van der Waals surface area contributed by atoms with Gasteiger partial charge in [-0.25, -0.2) is 0 Å². The van der Waals surface area contributed by atoms with Crippen molar-refractivity contribution in [2.45, 2.75) is 10.6 Å². The zero-order valence-corrected chi connectivity index (χ0v) is 15.5. The molecule has 0 radical (unpaired) electrons. The summed E-state index contributed by atoms with van der Waals surface area (Å²) in [5, 5.41) is 11.5. The molecule has 0 fully saturated rings. The molecule has 0 N–H and O–H groups in total. The van der Waals surface area contributed by atoms with Crippen LogP contribution in [0.3, 0.4) is 0 Å². The van der Waals surface area contributed by atoms with Crippen molar-refractivity contribution in [1.29, 1.82) is 5.26 Å². The molecule has 2 nitrogen and oxygen atoms in total. The van der Waals surface area contributed by atoms with E-state index in [-0.39, 0.29) is 0 Å². The van der Waals surface area contributed by atoms with Gasteiger partial charge < -0.3 is 4.74 Å². The molecule has 0 aliphatic carbocycles. The molecule has 4 heteroatoms. The van der Waals surface area contributed by atoms with Gasteiger partial charge in [0.05, 0.1) is 16.9 Å². The topological polar surface area (TPSA) is 33.0 Å². The second-order valence-electron chi connectivity index (χ2n) is 5.35. The van der Waals surface area contributed by atoms with Gasteiger partial charge in [-0.3, -0.25) is 0 Å². The Morgan fingerprint density at radius 2 is 1.88 bits per heavy atom. The first-order chi connectivity index (χ1) is 12.3. The maximum Gasteiger partial charge on any atom is 0.118 e. The van der Waals surface area contributed by atoms with Crippen LogP contribution in [-0.2, 0) is 6.42 Å². The Bertz CT molecular complexity index is 906. The Balaban J connectivity index is 2.12. The Morgan fingerprint density at radius 1 is 1.16 bits per heavy atom. The third kappa shape index (κ3) is 3.79. The number of thioether (sulfide) groups is 1. The summed E-state index contributed by atoms with van der Waals surface area (Å²) in [5.41, 5.74) is 4.02. The van der Waals surface area contributed by atoms with Gasteiger partial charge in [0.15, 0.2) is 0 Å². The molecule has 0 amide bonds. The molecule has 0 bridgehead atoms. The van der Waals surface area contributed by atoms with Gasteiger partial charge in [0.1, 0.15) is 11.8 Å². The van der Waals surface area contributed by atoms with E-state index in [1.807, 2.05) is 42.5 Å². The fourth-order valence-electron chi connectivity index (χ4n) is 2.68. The molecule has 1 aromatic heterocycles. The lowest BCUT2D eigenvalue weighted by Gasteiger charge is -2.07.